The summed E-state index contributed by atoms with van der Waals surface area (Å²) in [6, 6.07) is 0. The monoisotopic (exact) mass is 246 g/mol. The van der Waals surface area contributed by atoms with Crippen LogP contribution in [-0.4, -0.2) is 26.4 Å². The van der Waals surface area contributed by atoms with Crippen LogP contribution in [0, 0.1) is 0 Å². The highest BCUT2D eigenvalue weighted by Gasteiger charge is 1.99. The minimum atomic E-state index is 0.332. The van der Waals surface area contributed by atoms with Gasteiger partial charge in [0.2, 0.25) is 0 Å². The molecule has 0 bridgehead atoms. The first-order valence-electron chi connectivity index (χ1n) is 5.85. The molecule has 5 nitrogen and oxygen atoms in total. The maximum absolute atomic E-state index is 5.19. The van der Waals surface area contributed by atoms with Crippen LogP contribution in [0.4, 0.5) is 0 Å². The molecule has 0 unspecified atom stereocenters. The Hall–Kier alpha value is -1.52. The van der Waals surface area contributed by atoms with E-state index in [4.69, 9.17) is 23.7 Å². The second-order valence-corrected chi connectivity index (χ2v) is 2.74. The smallest absolute Gasteiger partial charge is 0.316 e. The molecule has 0 aromatic rings. The highest BCUT2D eigenvalue weighted by Crippen LogP contribution is 2.04. The van der Waals surface area contributed by atoms with Gasteiger partial charge >= 0.3 is 11.9 Å². The van der Waals surface area contributed by atoms with Gasteiger partial charge in [0.15, 0.2) is 12.5 Å². The van der Waals surface area contributed by atoms with Crippen molar-refractivity contribution in [3.05, 3.63) is 24.4 Å². The molecule has 0 radical (unpaired) electrons. The van der Waals surface area contributed by atoms with Crippen molar-refractivity contribution < 1.29 is 23.7 Å². The van der Waals surface area contributed by atoms with Crippen LogP contribution < -0.4 is 0 Å². The second kappa shape index (κ2) is 11.0. The van der Waals surface area contributed by atoms with E-state index in [0.717, 1.165) is 0 Å². The summed E-state index contributed by atoms with van der Waals surface area (Å²) in [5.41, 5.74) is 0. The van der Waals surface area contributed by atoms with Crippen LogP contribution in [0.3, 0.4) is 0 Å². The molecule has 0 amide bonds. The Balaban J connectivity index is 4.25. The summed E-state index contributed by atoms with van der Waals surface area (Å²) in [5, 5.41) is 0. The molecule has 17 heavy (non-hydrogen) atoms. The van der Waals surface area contributed by atoms with E-state index in [1.54, 1.807) is 0 Å². The van der Waals surface area contributed by atoms with Crippen LogP contribution in [0.25, 0.3) is 0 Å². The third kappa shape index (κ3) is 8.30. The zero-order valence-corrected chi connectivity index (χ0v) is 11.0. The quantitative estimate of drug-likeness (QED) is 0.555. The summed E-state index contributed by atoms with van der Waals surface area (Å²) >= 11 is 0. The molecule has 5 heteroatoms. The first kappa shape index (κ1) is 15.5. The van der Waals surface area contributed by atoms with E-state index in [0.29, 0.717) is 38.3 Å². The van der Waals surface area contributed by atoms with Gasteiger partial charge < -0.3 is 23.7 Å². The van der Waals surface area contributed by atoms with Gasteiger partial charge in [-0.15, -0.1) is 0 Å². The van der Waals surface area contributed by atoms with Gasteiger partial charge in [0.25, 0.3) is 0 Å². The highest BCUT2D eigenvalue weighted by atomic mass is 16.7. The molecule has 0 rings (SSSR count). The van der Waals surface area contributed by atoms with Crippen molar-refractivity contribution in [3.63, 3.8) is 0 Å². The molecule has 0 aliphatic heterocycles. The third-order valence-corrected chi connectivity index (χ3v) is 1.47. The van der Waals surface area contributed by atoms with Crippen LogP contribution >= 0.6 is 0 Å². The molecule has 0 atom stereocenters. The van der Waals surface area contributed by atoms with Crippen LogP contribution in [0.5, 0.6) is 0 Å². The Morgan fingerprint density at radius 1 is 0.647 bits per heavy atom. The number of ether oxygens (including phenoxy) is 5. The van der Waals surface area contributed by atoms with Crippen LogP contribution in [-0.2, 0) is 23.7 Å². The average molecular weight is 246 g/mol. The molecule has 100 valence electrons. The Morgan fingerprint density at radius 2 is 0.941 bits per heavy atom. The lowest BCUT2D eigenvalue weighted by molar-refractivity contribution is 0.0262. The Kier molecular flexibility index (Phi) is 10.00. The molecule has 0 spiro atoms. The molecule has 0 aliphatic rings. The predicted octanol–water partition coefficient (Wildman–Crippen LogP) is 2.75. The van der Waals surface area contributed by atoms with E-state index < -0.39 is 0 Å². The van der Waals surface area contributed by atoms with Gasteiger partial charge in [-0.2, -0.15) is 0 Å². The fourth-order valence-corrected chi connectivity index (χ4v) is 0.934. The first-order valence-corrected chi connectivity index (χ1v) is 5.85. The molecular weight excluding hydrogens is 224 g/mol. The Labute approximate surface area is 103 Å². The highest BCUT2D eigenvalue weighted by molar-refractivity contribution is 4.82. The molecule has 0 aromatic heterocycles. The topological polar surface area (TPSA) is 46.2 Å². The molecular formula is C12H22O5. The number of rotatable bonds is 10. The molecule has 0 heterocycles. The Morgan fingerprint density at radius 3 is 1.18 bits per heavy atom. The molecule has 0 N–H and O–H groups in total. The molecule has 0 saturated carbocycles. The van der Waals surface area contributed by atoms with Crippen LogP contribution in [0.1, 0.15) is 27.7 Å². The maximum atomic E-state index is 5.19. The predicted molar refractivity (Wildman–Crippen MR) is 63.8 cm³/mol. The van der Waals surface area contributed by atoms with Gasteiger partial charge in [-0.1, -0.05) is 0 Å². The van der Waals surface area contributed by atoms with Gasteiger partial charge in [0.05, 0.1) is 26.4 Å². The van der Waals surface area contributed by atoms with Crippen molar-refractivity contribution in [2.75, 3.05) is 26.4 Å². The summed E-state index contributed by atoms with van der Waals surface area (Å²) in [6.45, 7) is 9.54. The zero-order chi connectivity index (χ0) is 12.9. The lowest BCUT2D eigenvalue weighted by Crippen LogP contribution is -2.00. The van der Waals surface area contributed by atoms with Gasteiger partial charge in [0, 0.05) is 0 Å². The Bertz CT molecular complexity index is 195. The van der Waals surface area contributed by atoms with Crippen molar-refractivity contribution in [2.45, 2.75) is 27.7 Å². The minimum absolute atomic E-state index is 0.332. The fourth-order valence-electron chi connectivity index (χ4n) is 0.934. The SMILES string of the molecule is CCOC(=COC=C(OCC)OCC)OCC. The third-order valence-electron chi connectivity index (χ3n) is 1.47. The molecule has 0 aromatic carbocycles. The second-order valence-electron chi connectivity index (χ2n) is 2.74. The molecule has 0 aliphatic carbocycles. The summed E-state index contributed by atoms with van der Waals surface area (Å²) < 4.78 is 25.9. The summed E-state index contributed by atoms with van der Waals surface area (Å²) in [5.74, 6) is 0.664. The fraction of sp³-hybridized carbons (Fsp3) is 0.667. The largest absolute Gasteiger partial charge is 0.463 e. The summed E-state index contributed by atoms with van der Waals surface area (Å²) in [4.78, 5) is 0. The van der Waals surface area contributed by atoms with E-state index in [1.165, 1.54) is 12.5 Å². The van der Waals surface area contributed by atoms with Gasteiger partial charge in [0.1, 0.15) is 0 Å². The van der Waals surface area contributed by atoms with Gasteiger partial charge in [-0.3, -0.25) is 0 Å². The normalized spacial score (nSPS) is 8.94. The van der Waals surface area contributed by atoms with Gasteiger partial charge in [-0.05, 0) is 27.7 Å². The number of hydrogen-bond acceptors (Lipinski definition) is 5. The van der Waals surface area contributed by atoms with Crippen molar-refractivity contribution in [1.82, 2.24) is 0 Å². The number of hydrogen-bond donors (Lipinski definition) is 0. The minimum Gasteiger partial charge on any atom is -0.463 e. The first-order chi connectivity index (χ1) is 8.28. The lowest BCUT2D eigenvalue weighted by Gasteiger charge is -2.09. The van der Waals surface area contributed by atoms with Crippen molar-refractivity contribution >= 4 is 0 Å². The van der Waals surface area contributed by atoms with E-state index in [-0.39, 0.29) is 0 Å². The summed E-state index contributed by atoms with van der Waals surface area (Å²) in [6.07, 6.45) is 2.73. The van der Waals surface area contributed by atoms with E-state index >= 15 is 0 Å². The van der Waals surface area contributed by atoms with E-state index in [1.807, 2.05) is 27.7 Å². The van der Waals surface area contributed by atoms with Gasteiger partial charge in [-0.25, -0.2) is 0 Å². The van der Waals surface area contributed by atoms with Crippen molar-refractivity contribution in [1.29, 1.82) is 0 Å². The van der Waals surface area contributed by atoms with Crippen molar-refractivity contribution in [3.8, 4) is 0 Å². The summed E-state index contributed by atoms with van der Waals surface area (Å²) in [7, 11) is 0. The zero-order valence-electron chi connectivity index (χ0n) is 11.0. The maximum Gasteiger partial charge on any atom is 0.316 e. The standard InChI is InChI=1S/C12H22O5/c1-5-14-11(15-6-2)9-13-10-12(16-7-3)17-8-4/h9-10H,5-8H2,1-4H3. The van der Waals surface area contributed by atoms with E-state index in [9.17, 15) is 0 Å². The van der Waals surface area contributed by atoms with Crippen LogP contribution in [0.2, 0.25) is 0 Å². The molecule has 0 fully saturated rings. The molecule has 0 saturated heterocycles. The van der Waals surface area contributed by atoms with Crippen molar-refractivity contribution in [2.24, 2.45) is 0 Å². The van der Waals surface area contributed by atoms with Crippen LogP contribution in [0.15, 0.2) is 24.4 Å². The average Bonchev–Trinajstić information content (AvgIpc) is 2.30. The van der Waals surface area contributed by atoms with E-state index in [2.05, 4.69) is 0 Å². The lowest BCUT2D eigenvalue weighted by atomic mass is 10.8.